The van der Waals surface area contributed by atoms with Crippen LogP contribution in [-0.2, 0) is 9.53 Å². The quantitative estimate of drug-likeness (QED) is 0.612. The van der Waals surface area contributed by atoms with Crippen LogP contribution in [0, 0.1) is 31.2 Å². The number of nitrogens with two attached hydrogens (primary N) is 1. The molecule has 2 aliphatic rings. The van der Waals surface area contributed by atoms with Crippen molar-refractivity contribution in [3.05, 3.63) is 34.4 Å². The predicted molar refractivity (Wildman–Crippen MR) is 92.5 cm³/mol. The number of Topliss-reactive ketones (excluding diaryl/α,β-unsaturated/α-hetero) is 1. The Morgan fingerprint density at radius 2 is 1.88 bits per heavy atom. The first-order valence-corrected chi connectivity index (χ1v) is 8.57. The number of aliphatic hydroxyl groups is 1. The number of rotatable bonds is 1. The summed E-state index contributed by atoms with van der Waals surface area (Å²) in [6.45, 7) is 5.33. The van der Waals surface area contributed by atoms with E-state index in [1.54, 1.807) is 0 Å². The maximum atomic E-state index is 12.9. The minimum atomic E-state index is -0.631. The Kier molecular flexibility index (Phi) is 4.67. The number of aliphatic hydroxyl groups excluding tert-OH is 1. The summed E-state index contributed by atoms with van der Waals surface area (Å²) in [6, 6.07) is 6.31. The van der Waals surface area contributed by atoms with E-state index >= 15 is 0 Å². The second kappa shape index (κ2) is 6.58. The van der Waals surface area contributed by atoms with Gasteiger partial charge in [0, 0.05) is 31.2 Å². The van der Waals surface area contributed by atoms with Crippen LogP contribution in [0.25, 0.3) is 0 Å². The van der Waals surface area contributed by atoms with Gasteiger partial charge in [0.25, 0.3) is 0 Å². The van der Waals surface area contributed by atoms with Crippen molar-refractivity contribution in [2.24, 2.45) is 11.1 Å². The zero-order chi connectivity index (χ0) is 17.3. The molecule has 1 aromatic rings. The van der Waals surface area contributed by atoms with E-state index in [0.29, 0.717) is 26.1 Å². The minimum absolute atomic E-state index is 0.0714. The standard InChI is InChI=1S/C20H25NO3/c1-13-9-15(3-6-21)10-14(2)18(13)19-16(22)11-20(12-17(19)23)4-7-24-8-5-20/h9-10,16,19,22H,4-5,7-8,11-12,21H2,1-2H3. The highest BCUT2D eigenvalue weighted by molar-refractivity contribution is 5.88. The first-order chi connectivity index (χ1) is 11.5. The summed E-state index contributed by atoms with van der Waals surface area (Å²) in [7, 11) is 0. The monoisotopic (exact) mass is 327 g/mol. The molecule has 2 atom stereocenters. The summed E-state index contributed by atoms with van der Waals surface area (Å²) in [5.74, 6) is 2.58. The molecule has 0 bridgehead atoms. The number of carbonyl (C=O) groups excluding carboxylic acids is 1. The Bertz CT molecular complexity index is 684. The smallest absolute Gasteiger partial charge is 0.143 e. The van der Waals surface area contributed by atoms with Crippen LogP contribution in [0.5, 0.6) is 0 Å². The van der Waals surface area contributed by atoms with Gasteiger partial charge in [-0.1, -0.05) is 0 Å². The molecule has 0 radical (unpaired) electrons. The first-order valence-electron chi connectivity index (χ1n) is 8.57. The van der Waals surface area contributed by atoms with Gasteiger partial charge in [-0.3, -0.25) is 4.79 Å². The van der Waals surface area contributed by atoms with Crippen LogP contribution >= 0.6 is 0 Å². The number of aryl methyl sites for hydroxylation is 2. The third-order valence-corrected chi connectivity index (χ3v) is 5.60. The van der Waals surface area contributed by atoms with E-state index in [4.69, 9.17) is 10.5 Å². The number of hydrogen-bond donors (Lipinski definition) is 2. The Morgan fingerprint density at radius 1 is 1.25 bits per heavy atom. The first kappa shape index (κ1) is 17.0. The molecule has 3 N–H and O–H groups in total. The van der Waals surface area contributed by atoms with Crippen LogP contribution in [0.1, 0.15) is 53.9 Å². The number of carbonyl (C=O) groups is 1. The molecule has 2 unspecified atom stereocenters. The average Bonchev–Trinajstić information content (AvgIpc) is 2.50. The highest BCUT2D eigenvalue weighted by Crippen LogP contribution is 2.47. The van der Waals surface area contributed by atoms with Crippen molar-refractivity contribution in [3.8, 4) is 12.0 Å². The molecule has 24 heavy (non-hydrogen) atoms. The topological polar surface area (TPSA) is 72.6 Å². The average molecular weight is 327 g/mol. The Hall–Kier alpha value is -1.83. The molecule has 1 heterocycles. The van der Waals surface area contributed by atoms with Crippen molar-refractivity contribution in [2.75, 3.05) is 13.2 Å². The van der Waals surface area contributed by atoms with E-state index in [0.717, 1.165) is 35.1 Å². The molecule has 1 aliphatic heterocycles. The largest absolute Gasteiger partial charge is 0.392 e. The summed E-state index contributed by atoms with van der Waals surface area (Å²) in [5, 5.41) is 10.8. The molecule has 3 rings (SSSR count). The van der Waals surface area contributed by atoms with Gasteiger partial charge in [0.05, 0.1) is 12.0 Å². The number of hydrogen-bond acceptors (Lipinski definition) is 4. The second-order valence-corrected chi connectivity index (χ2v) is 7.30. The second-order valence-electron chi connectivity index (χ2n) is 7.30. The lowest BCUT2D eigenvalue weighted by molar-refractivity contribution is -0.135. The molecule has 1 saturated carbocycles. The molecule has 1 aromatic carbocycles. The molecule has 0 aromatic heterocycles. The van der Waals surface area contributed by atoms with E-state index in [1.807, 2.05) is 26.0 Å². The third-order valence-electron chi connectivity index (χ3n) is 5.60. The van der Waals surface area contributed by atoms with Gasteiger partial charge in [0.1, 0.15) is 5.78 Å². The van der Waals surface area contributed by atoms with Gasteiger partial charge < -0.3 is 15.6 Å². The van der Waals surface area contributed by atoms with Crippen molar-refractivity contribution in [3.63, 3.8) is 0 Å². The summed E-state index contributed by atoms with van der Waals surface area (Å²) in [5.41, 5.74) is 9.01. The molecule has 128 valence electrons. The van der Waals surface area contributed by atoms with Crippen molar-refractivity contribution < 1.29 is 14.6 Å². The molecule has 1 spiro atoms. The normalized spacial score (nSPS) is 26.0. The fourth-order valence-electron chi connectivity index (χ4n) is 4.49. The van der Waals surface area contributed by atoms with E-state index < -0.39 is 12.0 Å². The van der Waals surface area contributed by atoms with Gasteiger partial charge in [0.15, 0.2) is 0 Å². The zero-order valence-corrected chi connectivity index (χ0v) is 14.4. The van der Waals surface area contributed by atoms with Crippen LogP contribution in [0.3, 0.4) is 0 Å². The van der Waals surface area contributed by atoms with Crippen molar-refractivity contribution >= 4 is 5.78 Å². The minimum Gasteiger partial charge on any atom is -0.392 e. The maximum absolute atomic E-state index is 12.9. The van der Waals surface area contributed by atoms with E-state index in [2.05, 4.69) is 12.0 Å². The Balaban J connectivity index is 1.92. The predicted octanol–water partition coefficient (Wildman–Crippen LogP) is 2.18. The summed E-state index contributed by atoms with van der Waals surface area (Å²) < 4.78 is 5.44. The van der Waals surface area contributed by atoms with Crippen molar-refractivity contribution in [1.82, 2.24) is 0 Å². The molecule has 4 nitrogen and oxygen atoms in total. The Labute approximate surface area is 143 Å². The maximum Gasteiger partial charge on any atom is 0.143 e. The van der Waals surface area contributed by atoms with Gasteiger partial charge in [-0.25, -0.2) is 0 Å². The molecule has 4 heteroatoms. The third kappa shape index (κ3) is 3.07. The fraction of sp³-hybridized carbons (Fsp3) is 0.550. The van der Waals surface area contributed by atoms with Gasteiger partial charge >= 0.3 is 0 Å². The lowest BCUT2D eigenvalue weighted by Gasteiger charge is -2.44. The van der Waals surface area contributed by atoms with E-state index in [9.17, 15) is 9.90 Å². The van der Waals surface area contributed by atoms with Gasteiger partial charge in [0.2, 0.25) is 0 Å². The lowest BCUT2D eigenvalue weighted by atomic mass is 9.62. The van der Waals surface area contributed by atoms with Gasteiger partial charge in [-0.05, 0) is 73.3 Å². The number of ether oxygens (including phenoxy) is 1. The lowest BCUT2D eigenvalue weighted by Crippen LogP contribution is -2.45. The summed E-state index contributed by atoms with van der Waals surface area (Å²) >= 11 is 0. The van der Waals surface area contributed by atoms with Gasteiger partial charge in [-0.2, -0.15) is 0 Å². The van der Waals surface area contributed by atoms with Gasteiger partial charge in [-0.15, -0.1) is 0 Å². The molecule has 1 aliphatic carbocycles. The molecule has 0 amide bonds. The van der Waals surface area contributed by atoms with Crippen LogP contribution in [0.2, 0.25) is 0 Å². The fourth-order valence-corrected chi connectivity index (χ4v) is 4.49. The van der Waals surface area contributed by atoms with Crippen molar-refractivity contribution in [1.29, 1.82) is 0 Å². The summed E-state index contributed by atoms with van der Waals surface area (Å²) in [6.07, 6.45) is 2.32. The molecular formula is C20H25NO3. The zero-order valence-electron chi connectivity index (χ0n) is 14.4. The van der Waals surface area contributed by atoms with Crippen LogP contribution in [-0.4, -0.2) is 30.2 Å². The molecule has 1 saturated heterocycles. The molecular weight excluding hydrogens is 302 g/mol. The number of benzene rings is 1. The Morgan fingerprint density at radius 3 is 2.42 bits per heavy atom. The van der Waals surface area contributed by atoms with E-state index in [1.165, 1.54) is 0 Å². The van der Waals surface area contributed by atoms with Crippen molar-refractivity contribution in [2.45, 2.75) is 51.6 Å². The van der Waals surface area contributed by atoms with E-state index in [-0.39, 0.29) is 11.2 Å². The molecule has 2 fully saturated rings. The summed E-state index contributed by atoms with van der Waals surface area (Å²) in [4.78, 5) is 12.9. The number of ketones is 1. The highest BCUT2D eigenvalue weighted by atomic mass is 16.5. The van der Waals surface area contributed by atoms with Crippen LogP contribution in [0.4, 0.5) is 0 Å². The highest BCUT2D eigenvalue weighted by Gasteiger charge is 2.46. The van der Waals surface area contributed by atoms with Crippen LogP contribution in [0.15, 0.2) is 12.1 Å². The SMILES string of the molecule is Cc1cc(C#CN)cc(C)c1C1C(=O)CC2(CCOCC2)CC1O. The van der Waals surface area contributed by atoms with Crippen LogP contribution < -0.4 is 5.73 Å².